The van der Waals surface area contributed by atoms with Crippen LogP contribution in [0.1, 0.15) is 24.2 Å². The van der Waals surface area contributed by atoms with Gasteiger partial charge in [0.1, 0.15) is 6.54 Å². The molecule has 0 aliphatic carbocycles. The second kappa shape index (κ2) is 8.81. The summed E-state index contributed by atoms with van der Waals surface area (Å²) in [6.45, 7) is 2.42. The number of aliphatic carboxylic acids is 1. The Morgan fingerprint density at radius 2 is 1.70 bits per heavy atom. The van der Waals surface area contributed by atoms with Gasteiger partial charge in [-0.2, -0.15) is 0 Å². The van der Waals surface area contributed by atoms with E-state index < -0.39 is 29.6 Å². The van der Waals surface area contributed by atoms with Crippen molar-refractivity contribution in [2.75, 3.05) is 13.6 Å². The zero-order valence-electron chi connectivity index (χ0n) is 15.3. The van der Waals surface area contributed by atoms with Crippen LogP contribution in [0.4, 0.5) is 0 Å². The number of ketones is 1. The molecular weight excluding hydrogens is 366 g/mol. The van der Waals surface area contributed by atoms with E-state index in [1.165, 1.54) is 14.0 Å². The molecule has 0 saturated carbocycles. The minimum Gasteiger partial charge on any atom is -0.480 e. The average molecular weight is 387 g/mol. The van der Waals surface area contributed by atoms with Crippen LogP contribution in [0.5, 0.6) is 0 Å². The first-order chi connectivity index (χ1) is 12.7. The van der Waals surface area contributed by atoms with Crippen LogP contribution in [0, 0.1) is 5.92 Å². The molecule has 2 unspecified atom stereocenters. The van der Waals surface area contributed by atoms with E-state index >= 15 is 0 Å². The highest BCUT2D eigenvalue weighted by molar-refractivity contribution is 8.14. The number of rotatable bonds is 7. The van der Waals surface area contributed by atoms with Crippen molar-refractivity contribution in [2.45, 2.75) is 19.1 Å². The van der Waals surface area contributed by atoms with Gasteiger partial charge in [-0.3, -0.25) is 19.2 Å². The molecule has 1 amide bonds. The molecule has 2 atom stereocenters. The number of carbonyl (C=O) groups excluding carboxylic acids is 3. The summed E-state index contributed by atoms with van der Waals surface area (Å²) in [5.41, 5.74) is 0.437. The Hall–Kier alpha value is -2.67. The molecule has 0 radical (unpaired) electrons. The zero-order chi connectivity index (χ0) is 20.1. The monoisotopic (exact) mass is 387 g/mol. The third kappa shape index (κ3) is 4.95. The SMILES string of the molecule is CC(=O)SC(C(=O)c1cccc2ccccc12)C(C)C(=O)N(C)CC(=O)O. The number of amides is 1. The second-order valence-corrected chi connectivity index (χ2v) is 7.62. The molecule has 0 aromatic heterocycles. The maximum absolute atomic E-state index is 13.2. The molecule has 2 aromatic rings. The molecule has 6 nitrogen and oxygen atoms in total. The molecule has 1 N–H and O–H groups in total. The number of thioether (sulfide) groups is 1. The maximum atomic E-state index is 13.2. The fourth-order valence-electron chi connectivity index (χ4n) is 2.91. The number of carboxylic acid groups (broad SMARTS) is 1. The molecule has 2 aromatic carbocycles. The number of fused-ring (bicyclic) bond motifs is 1. The quantitative estimate of drug-likeness (QED) is 0.735. The van der Waals surface area contributed by atoms with Crippen LogP contribution in [0.3, 0.4) is 0 Å². The number of nitrogens with zero attached hydrogens (tertiary/aromatic N) is 1. The van der Waals surface area contributed by atoms with Gasteiger partial charge in [0.2, 0.25) is 5.91 Å². The summed E-state index contributed by atoms with van der Waals surface area (Å²) in [5, 5.41) is 9.30. The van der Waals surface area contributed by atoms with E-state index in [1.807, 2.05) is 30.3 Å². The number of carbonyl (C=O) groups is 4. The fraction of sp³-hybridized carbons (Fsp3) is 0.300. The first-order valence-electron chi connectivity index (χ1n) is 8.38. The van der Waals surface area contributed by atoms with Gasteiger partial charge in [0.05, 0.1) is 11.2 Å². The molecule has 7 heteroatoms. The highest BCUT2D eigenvalue weighted by Gasteiger charge is 2.35. The van der Waals surface area contributed by atoms with Crippen LogP contribution in [0.25, 0.3) is 10.8 Å². The van der Waals surface area contributed by atoms with Crippen LogP contribution in [-0.4, -0.2) is 51.6 Å². The number of hydrogen-bond donors (Lipinski definition) is 1. The second-order valence-electron chi connectivity index (χ2n) is 6.30. The van der Waals surface area contributed by atoms with Gasteiger partial charge >= 0.3 is 5.97 Å². The van der Waals surface area contributed by atoms with Gasteiger partial charge in [-0.25, -0.2) is 0 Å². The molecule has 0 bridgehead atoms. The Morgan fingerprint density at radius 1 is 1.07 bits per heavy atom. The largest absolute Gasteiger partial charge is 0.480 e. The average Bonchev–Trinajstić information content (AvgIpc) is 2.63. The van der Waals surface area contributed by atoms with Crippen LogP contribution in [0.2, 0.25) is 0 Å². The Bertz CT molecular complexity index is 890. The van der Waals surface area contributed by atoms with Gasteiger partial charge in [-0.15, -0.1) is 0 Å². The van der Waals surface area contributed by atoms with Crippen LogP contribution >= 0.6 is 11.8 Å². The number of benzene rings is 2. The summed E-state index contributed by atoms with van der Waals surface area (Å²) in [7, 11) is 1.37. The van der Waals surface area contributed by atoms with E-state index in [0.717, 1.165) is 27.4 Å². The van der Waals surface area contributed by atoms with Crippen molar-refractivity contribution < 1.29 is 24.3 Å². The molecule has 0 aliphatic heterocycles. The van der Waals surface area contributed by atoms with E-state index in [0.29, 0.717) is 5.56 Å². The summed E-state index contributed by atoms with van der Waals surface area (Å²) in [5.74, 6) is -2.81. The Labute approximate surface area is 161 Å². The van der Waals surface area contributed by atoms with Gasteiger partial charge in [-0.1, -0.05) is 61.2 Å². The Kier molecular flexibility index (Phi) is 6.74. The molecule has 2 rings (SSSR count). The smallest absolute Gasteiger partial charge is 0.323 e. The molecule has 0 fully saturated rings. The van der Waals surface area contributed by atoms with Crippen LogP contribution in [0.15, 0.2) is 42.5 Å². The molecule has 0 heterocycles. The van der Waals surface area contributed by atoms with E-state index in [-0.39, 0.29) is 10.9 Å². The van der Waals surface area contributed by atoms with Gasteiger partial charge in [0.25, 0.3) is 0 Å². The lowest BCUT2D eigenvalue weighted by molar-refractivity contribution is -0.144. The van der Waals surface area contributed by atoms with Crippen LogP contribution < -0.4 is 0 Å². The Balaban J connectivity index is 2.40. The van der Waals surface area contributed by atoms with Crippen molar-refractivity contribution in [2.24, 2.45) is 5.92 Å². The van der Waals surface area contributed by atoms with Crippen molar-refractivity contribution in [3.8, 4) is 0 Å². The summed E-state index contributed by atoms with van der Waals surface area (Å²) in [4.78, 5) is 49.5. The lowest BCUT2D eigenvalue weighted by atomic mass is 9.94. The van der Waals surface area contributed by atoms with Crippen molar-refractivity contribution >= 4 is 45.3 Å². The topological polar surface area (TPSA) is 91.8 Å². The van der Waals surface area contributed by atoms with Gasteiger partial charge in [0, 0.05) is 19.5 Å². The minimum absolute atomic E-state index is 0.283. The van der Waals surface area contributed by atoms with E-state index in [4.69, 9.17) is 5.11 Å². The summed E-state index contributed by atoms with van der Waals surface area (Å²) in [6.07, 6.45) is 0. The highest BCUT2D eigenvalue weighted by atomic mass is 32.2. The van der Waals surface area contributed by atoms with Gasteiger partial charge in [-0.05, 0) is 10.8 Å². The highest BCUT2D eigenvalue weighted by Crippen LogP contribution is 2.29. The normalized spacial score (nSPS) is 13.0. The maximum Gasteiger partial charge on any atom is 0.323 e. The van der Waals surface area contributed by atoms with Gasteiger partial charge < -0.3 is 10.0 Å². The predicted octanol–water partition coefficient (Wildman–Crippen LogP) is 2.85. The summed E-state index contributed by atoms with van der Waals surface area (Å²) in [6, 6.07) is 12.7. The van der Waals surface area contributed by atoms with E-state index in [1.54, 1.807) is 19.1 Å². The Morgan fingerprint density at radius 3 is 2.33 bits per heavy atom. The minimum atomic E-state index is -1.14. The molecule has 142 valence electrons. The number of hydrogen-bond acceptors (Lipinski definition) is 5. The first-order valence-corrected chi connectivity index (χ1v) is 9.26. The predicted molar refractivity (Wildman–Crippen MR) is 105 cm³/mol. The van der Waals surface area contributed by atoms with Crippen molar-refractivity contribution in [1.82, 2.24) is 4.90 Å². The van der Waals surface area contributed by atoms with Gasteiger partial charge in [0.15, 0.2) is 10.9 Å². The fourth-order valence-corrected chi connectivity index (χ4v) is 3.83. The lowest BCUT2D eigenvalue weighted by Crippen LogP contribution is -2.41. The number of likely N-dealkylation sites (N-methyl/N-ethyl adjacent to an activating group) is 1. The lowest BCUT2D eigenvalue weighted by Gasteiger charge is -2.25. The third-order valence-electron chi connectivity index (χ3n) is 4.20. The molecule has 0 spiro atoms. The van der Waals surface area contributed by atoms with E-state index in [9.17, 15) is 19.2 Å². The van der Waals surface area contributed by atoms with Crippen molar-refractivity contribution in [3.05, 3.63) is 48.0 Å². The zero-order valence-corrected chi connectivity index (χ0v) is 16.2. The number of Topliss-reactive ketones (excluding diaryl/α,β-unsaturated/α-hetero) is 1. The van der Waals surface area contributed by atoms with Crippen molar-refractivity contribution in [1.29, 1.82) is 0 Å². The number of carboxylic acids is 1. The van der Waals surface area contributed by atoms with Crippen molar-refractivity contribution in [3.63, 3.8) is 0 Å². The first kappa shape index (κ1) is 20.6. The summed E-state index contributed by atoms with van der Waals surface area (Å²) >= 11 is 0.800. The molecule has 0 aliphatic rings. The summed E-state index contributed by atoms with van der Waals surface area (Å²) < 4.78 is 0. The molecular formula is C20H21NO5S. The van der Waals surface area contributed by atoms with Crippen LogP contribution in [-0.2, 0) is 14.4 Å². The third-order valence-corrected chi connectivity index (χ3v) is 5.41. The molecule has 0 saturated heterocycles. The standard InChI is InChI=1S/C20H21NO5S/c1-12(20(26)21(3)11-17(23)24)19(27-13(2)22)18(25)16-10-6-8-14-7-4-5-9-15(14)16/h4-10,12,19H,11H2,1-3H3,(H,23,24). The van der Waals surface area contributed by atoms with E-state index in [2.05, 4.69) is 0 Å². The molecule has 27 heavy (non-hydrogen) atoms.